The van der Waals surface area contributed by atoms with Crippen LogP contribution in [0.4, 0.5) is 14.5 Å². The molecule has 1 aromatic carbocycles. The first-order valence-corrected chi connectivity index (χ1v) is 6.18. The second-order valence-electron chi connectivity index (χ2n) is 4.51. The number of morpholine rings is 1. The molecule has 1 amide bonds. The van der Waals surface area contributed by atoms with E-state index in [4.69, 9.17) is 10.5 Å². The monoisotopic (exact) mass is 270 g/mol. The fraction of sp³-hybridized carbons (Fsp3) is 0.462. The number of carbonyl (C=O) groups is 1. The molecule has 19 heavy (non-hydrogen) atoms. The van der Waals surface area contributed by atoms with Crippen LogP contribution in [-0.4, -0.2) is 36.6 Å². The van der Waals surface area contributed by atoms with Gasteiger partial charge in [0, 0.05) is 13.1 Å². The Morgan fingerprint density at radius 2 is 2.26 bits per heavy atom. The van der Waals surface area contributed by atoms with Crippen LogP contribution in [0.3, 0.4) is 0 Å². The van der Waals surface area contributed by atoms with E-state index < -0.39 is 17.5 Å². The highest BCUT2D eigenvalue weighted by molar-refractivity contribution is 5.95. The van der Waals surface area contributed by atoms with Crippen LogP contribution in [0, 0.1) is 11.6 Å². The summed E-state index contributed by atoms with van der Waals surface area (Å²) in [5.41, 5.74) is 4.65. The molecule has 4 nitrogen and oxygen atoms in total. The number of halogens is 2. The van der Waals surface area contributed by atoms with Crippen molar-refractivity contribution in [3.8, 4) is 0 Å². The number of carbonyl (C=O) groups excluding carboxylic acids is 1. The molecule has 0 aliphatic carbocycles. The molecule has 1 atom stereocenters. The number of nitrogens with two attached hydrogens (primary N) is 1. The lowest BCUT2D eigenvalue weighted by molar-refractivity contribution is -0.0227. The number of hydrogen-bond acceptors (Lipinski definition) is 3. The van der Waals surface area contributed by atoms with Gasteiger partial charge >= 0.3 is 0 Å². The average molecular weight is 270 g/mol. The maximum atomic E-state index is 13.8. The minimum absolute atomic E-state index is 0.0633. The minimum Gasteiger partial charge on any atom is -0.396 e. The zero-order valence-electron chi connectivity index (χ0n) is 10.7. The SMILES string of the molecule is CCC1CN(C(=O)c2cc(F)cc(N)c2F)CCO1. The molecule has 1 unspecified atom stereocenters. The van der Waals surface area contributed by atoms with E-state index in [0.29, 0.717) is 19.7 Å². The van der Waals surface area contributed by atoms with Gasteiger partial charge in [-0.3, -0.25) is 4.79 Å². The molecule has 104 valence electrons. The molecule has 2 N–H and O–H groups in total. The van der Waals surface area contributed by atoms with Crippen molar-refractivity contribution in [3.05, 3.63) is 29.3 Å². The van der Waals surface area contributed by atoms with E-state index in [0.717, 1.165) is 18.6 Å². The third-order valence-electron chi connectivity index (χ3n) is 3.18. The summed E-state index contributed by atoms with van der Waals surface area (Å²) in [6, 6.07) is 1.74. The second kappa shape index (κ2) is 5.52. The first-order valence-electron chi connectivity index (χ1n) is 6.18. The molecule has 0 spiro atoms. The van der Waals surface area contributed by atoms with Crippen LogP contribution in [0.5, 0.6) is 0 Å². The Morgan fingerprint density at radius 3 is 2.95 bits per heavy atom. The van der Waals surface area contributed by atoms with Crippen LogP contribution in [0.2, 0.25) is 0 Å². The molecule has 0 aromatic heterocycles. The molecule has 1 saturated heterocycles. The Kier molecular flexibility index (Phi) is 3.99. The molecule has 1 heterocycles. The number of amides is 1. The van der Waals surface area contributed by atoms with Crippen LogP contribution in [0.15, 0.2) is 12.1 Å². The maximum Gasteiger partial charge on any atom is 0.257 e. The van der Waals surface area contributed by atoms with E-state index >= 15 is 0 Å². The van der Waals surface area contributed by atoms with Crippen LogP contribution in [0.1, 0.15) is 23.7 Å². The van der Waals surface area contributed by atoms with E-state index in [1.165, 1.54) is 4.90 Å². The van der Waals surface area contributed by atoms with Gasteiger partial charge in [-0.25, -0.2) is 8.78 Å². The summed E-state index contributed by atoms with van der Waals surface area (Å²) in [5, 5.41) is 0. The topological polar surface area (TPSA) is 55.6 Å². The number of benzene rings is 1. The van der Waals surface area contributed by atoms with Gasteiger partial charge in [-0.05, 0) is 18.6 Å². The molecule has 6 heteroatoms. The fourth-order valence-corrected chi connectivity index (χ4v) is 2.09. The van der Waals surface area contributed by atoms with Crippen LogP contribution in [0.25, 0.3) is 0 Å². The first-order chi connectivity index (χ1) is 9.02. The van der Waals surface area contributed by atoms with Crippen molar-refractivity contribution in [2.24, 2.45) is 0 Å². The number of rotatable bonds is 2. The molecular weight excluding hydrogens is 254 g/mol. The fourth-order valence-electron chi connectivity index (χ4n) is 2.09. The molecule has 0 radical (unpaired) electrons. The highest BCUT2D eigenvalue weighted by atomic mass is 19.1. The van der Waals surface area contributed by atoms with Crippen molar-refractivity contribution < 1.29 is 18.3 Å². The largest absolute Gasteiger partial charge is 0.396 e. The third-order valence-corrected chi connectivity index (χ3v) is 3.18. The maximum absolute atomic E-state index is 13.8. The van der Waals surface area contributed by atoms with Crippen molar-refractivity contribution >= 4 is 11.6 Å². The van der Waals surface area contributed by atoms with Gasteiger partial charge in [0.25, 0.3) is 5.91 Å². The van der Waals surface area contributed by atoms with Gasteiger partial charge in [-0.2, -0.15) is 0 Å². The van der Waals surface area contributed by atoms with Crippen molar-refractivity contribution in [1.82, 2.24) is 4.90 Å². The van der Waals surface area contributed by atoms with Gasteiger partial charge in [0.2, 0.25) is 0 Å². The van der Waals surface area contributed by atoms with E-state index in [1.54, 1.807) is 0 Å². The van der Waals surface area contributed by atoms with Crippen molar-refractivity contribution in [1.29, 1.82) is 0 Å². The normalized spacial score (nSPS) is 19.5. The van der Waals surface area contributed by atoms with Gasteiger partial charge < -0.3 is 15.4 Å². The zero-order chi connectivity index (χ0) is 14.0. The number of nitrogen functional groups attached to an aromatic ring is 1. The predicted molar refractivity (Wildman–Crippen MR) is 66.7 cm³/mol. The summed E-state index contributed by atoms with van der Waals surface area (Å²) in [4.78, 5) is 13.7. The van der Waals surface area contributed by atoms with Gasteiger partial charge in [0.1, 0.15) is 5.82 Å². The van der Waals surface area contributed by atoms with Gasteiger partial charge in [-0.1, -0.05) is 6.92 Å². The van der Waals surface area contributed by atoms with Crippen LogP contribution < -0.4 is 5.73 Å². The van der Waals surface area contributed by atoms with Gasteiger partial charge in [0.05, 0.1) is 24.0 Å². The quantitative estimate of drug-likeness (QED) is 0.834. The predicted octanol–water partition coefficient (Wildman–Crippen LogP) is 1.80. The van der Waals surface area contributed by atoms with Crippen molar-refractivity contribution in [2.75, 3.05) is 25.4 Å². The third kappa shape index (κ3) is 2.84. The lowest BCUT2D eigenvalue weighted by Gasteiger charge is -2.32. The molecular formula is C13H16F2N2O2. The molecule has 1 aliphatic heterocycles. The number of hydrogen-bond donors (Lipinski definition) is 1. The van der Waals surface area contributed by atoms with Crippen LogP contribution in [-0.2, 0) is 4.74 Å². The lowest BCUT2D eigenvalue weighted by Crippen LogP contribution is -2.45. The average Bonchev–Trinajstić information content (AvgIpc) is 2.42. The van der Waals surface area contributed by atoms with Gasteiger partial charge in [-0.15, -0.1) is 0 Å². The van der Waals surface area contributed by atoms with Gasteiger partial charge in [0.15, 0.2) is 5.82 Å². The minimum atomic E-state index is -0.869. The summed E-state index contributed by atoms with van der Waals surface area (Å²) in [7, 11) is 0. The van der Waals surface area contributed by atoms with E-state index in [-0.39, 0.29) is 17.4 Å². The van der Waals surface area contributed by atoms with E-state index in [1.807, 2.05) is 6.92 Å². The molecule has 0 bridgehead atoms. The first kappa shape index (κ1) is 13.7. The summed E-state index contributed by atoms with van der Waals surface area (Å²) in [5.74, 6) is -2.14. The Hall–Kier alpha value is -1.69. The summed E-state index contributed by atoms with van der Waals surface area (Å²) in [6.45, 7) is 3.09. The molecule has 2 rings (SSSR count). The Bertz CT molecular complexity index is 494. The Balaban J connectivity index is 2.24. The number of nitrogens with zero attached hydrogens (tertiary/aromatic N) is 1. The molecule has 1 aromatic rings. The van der Waals surface area contributed by atoms with E-state index in [9.17, 15) is 13.6 Å². The Labute approximate surface area is 110 Å². The molecule has 0 saturated carbocycles. The number of anilines is 1. The lowest BCUT2D eigenvalue weighted by atomic mass is 10.1. The highest BCUT2D eigenvalue weighted by Gasteiger charge is 2.26. The standard InChI is InChI=1S/C13H16F2N2O2/c1-2-9-7-17(3-4-19-9)13(18)10-5-8(14)6-11(16)12(10)15/h5-6,9H,2-4,7,16H2,1H3. The zero-order valence-corrected chi connectivity index (χ0v) is 10.7. The van der Waals surface area contributed by atoms with E-state index in [2.05, 4.69) is 0 Å². The van der Waals surface area contributed by atoms with Crippen molar-refractivity contribution in [2.45, 2.75) is 19.4 Å². The Morgan fingerprint density at radius 1 is 1.53 bits per heavy atom. The van der Waals surface area contributed by atoms with Crippen molar-refractivity contribution in [3.63, 3.8) is 0 Å². The molecule has 1 aliphatic rings. The highest BCUT2D eigenvalue weighted by Crippen LogP contribution is 2.20. The smallest absolute Gasteiger partial charge is 0.257 e. The summed E-state index contributed by atoms with van der Waals surface area (Å²) < 4.78 is 32.5. The molecule has 1 fully saturated rings. The summed E-state index contributed by atoms with van der Waals surface area (Å²) in [6.07, 6.45) is 0.698. The van der Waals surface area contributed by atoms with Crippen LogP contribution >= 0.6 is 0 Å². The number of ether oxygens (including phenoxy) is 1. The second-order valence-corrected chi connectivity index (χ2v) is 4.51. The summed E-state index contributed by atoms with van der Waals surface area (Å²) >= 11 is 0.